The van der Waals surface area contributed by atoms with Gasteiger partial charge in [-0.1, -0.05) is 32.9 Å². The average Bonchev–Trinajstić information content (AvgIpc) is 3.48. The van der Waals surface area contributed by atoms with E-state index in [9.17, 15) is 28.7 Å². The molecule has 0 bridgehead atoms. The van der Waals surface area contributed by atoms with Crippen LogP contribution >= 0.6 is 11.3 Å². The van der Waals surface area contributed by atoms with Crippen molar-refractivity contribution in [3.05, 3.63) is 35.0 Å². The SMILES string of the molecule is COC(=O)[C@@H]1CNCCN1CCOc1cc(-c2scnc2C)ccc1CNC(=O)[C@@H]1C[C@@H](O)CN1C(=O)[C@@H](NC(=O)C1(F)CC1)C(C)(C)C. The summed E-state index contributed by atoms with van der Waals surface area (Å²) in [6, 6.07) is 3.21. The summed E-state index contributed by atoms with van der Waals surface area (Å²) in [6.07, 6.45) is -0.699. The minimum Gasteiger partial charge on any atom is -0.492 e. The lowest BCUT2D eigenvalue weighted by atomic mass is 9.85. The van der Waals surface area contributed by atoms with Crippen LogP contribution in [-0.4, -0.2) is 120 Å². The molecule has 2 saturated heterocycles. The predicted molar refractivity (Wildman–Crippen MR) is 180 cm³/mol. The first-order chi connectivity index (χ1) is 23.2. The van der Waals surface area contributed by atoms with E-state index in [2.05, 4.69) is 20.9 Å². The first-order valence-electron chi connectivity index (χ1n) is 16.7. The van der Waals surface area contributed by atoms with E-state index in [1.807, 2.05) is 30.0 Å². The number of benzene rings is 1. The molecule has 1 aliphatic carbocycles. The molecule has 4 N–H and O–H groups in total. The lowest BCUT2D eigenvalue weighted by Gasteiger charge is -2.35. The Balaban J connectivity index is 1.29. The Kier molecular flexibility index (Phi) is 11.3. The van der Waals surface area contributed by atoms with E-state index in [0.29, 0.717) is 30.9 Å². The number of carbonyl (C=O) groups is 4. The van der Waals surface area contributed by atoms with Crippen LogP contribution in [-0.2, 0) is 30.5 Å². The van der Waals surface area contributed by atoms with Crippen molar-refractivity contribution >= 4 is 35.0 Å². The smallest absolute Gasteiger partial charge is 0.324 e. The zero-order chi connectivity index (χ0) is 35.5. The second kappa shape index (κ2) is 15.1. The maximum Gasteiger partial charge on any atom is 0.324 e. The highest BCUT2D eigenvalue weighted by atomic mass is 32.1. The standard InChI is InChI=1S/C34H47FN6O7S/c1-20-27(49-19-38-20)21-6-7-22(26(14-21)48-13-12-40-11-10-36-17-25(40)31(45)47-5)16-37-29(43)24-15-23(42)18-41(24)30(44)28(33(2,3)4)39-32(46)34(35)8-9-34/h6-7,14,19,23-25,28,36,42H,8-13,15-18H2,1-5H3,(H,37,43)(H,39,46)/t23-,24+,25+,28-/m1/s1. The number of aromatic nitrogens is 1. The number of nitrogens with one attached hydrogen (secondary N) is 3. The molecular formula is C34H47FN6O7S. The highest BCUT2D eigenvalue weighted by molar-refractivity contribution is 7.13. The van der Waals surface area contributed by atoms with E-state index < -0.39 is 53.0 Å². The number of hydrogen-bond donors (Lipinski definition) is 4. The molecule has 2 aliphatic heterocycles. The van der Waals surface area contributed by atoms with Gasteiger partial charge in [-0.15, -0.1) is 11.3 Å². The van der Waals surface area contributed by atoms with Crippen LogP contribution in [0.2, 0.25) is 0 Å². The van der Waals surface area contributed by atoms with Gasteiger partial charge in [0, 0.05) is 51.3 Å². The van der Waals surface area contributed by atoms with E-state index in [-0.39, 0.29) is 44.9 Å². The zero-order valence-corrected chi connectivity index (χ0v) is 29.5. The van der Waals surface area contributed by atoms with Crippen LogP contribution in [0.5, 0.6) is 5.75 Å². The molecule has 268 valence electrons. The first-order valence-corrected chi connectivity index (χ1v) is 17.5. The number of amides is 3. The van der Waals surface area contributed by atoms with Crippen LogP contribution in [0.1, 0.15) is 51.3 Å². The number of carbonyl (C=O) groups excluding carboxylic acids is 4. The van der Waals surface area contributed by atoms with Crippen LogP contribution in [0.15, 0.2) is 23.7 Å². The van der Waals surface area contributed by atoms with Crippen LogP contribution in [0.3, 0.4) is 0 Å². The molecule has 49 heavy (non-hydrogen) atoms. The molecule has 3 amide bonds. The Bertz CT molecular complexity index is 1540. The van der Waals surface area contributed by atoms with Crippen molar-refractivity contribution in [3.8, 4) is 16.2 Å². The molecule has 3 aliphatic rings. The van der Waals surface area contributed by atoms with Crippen molar-refractivity contribution in [2.24, 2.45) is 5.41 Å². The van der Waals surface area contributed by atoms with Crippen LogP contribution in [0.25, 0.3) is 10.4 Å². The number of hydrogen-bond acceptors (Lipinski definition) is 11. The lowest BCUT2D eigenvalue weighted by molar-refractivity contribution is -0.147. The van der Waals surface area contributed by atoms with Gasteiger partial charge < -0.3 is 35.4 Å². The van der Waals surface area contributed by atoms with Gasteiger partial charge in [0.1, 0.15) is 30.5 Å². The largest absolute Gasteiger partial charge is 0.492 e. The van der Waals surface area contributed by atoms with Gasteiger partial charge >= 0.3 is 5.97 Å². The molecule has 0 unspecified atom stereocenters. The molecular weight excluding hydrogens is 655 g/mol. The number of ether oxygens (including phenoxy) is 2. The fourth-order valence-electron chi connectivity index (χ4n) is 6.23. The summed E-state index contributed by atoms with van der Waals surface area (Å²) in [5.74, 6) is -1.61. The van der Waals surface area contributed by atoms with Crippen LogP contribution < -0.4 is 20.7 Å². The van der Waals surface area contributed by atoms with Gasteiger partial charge in [-0.2, -0.15) is 0 Å². The lowest BCUT2D eigenvalue weighted by Crippen LogP contribution is -2.59. The summed E-state index contributed by atoms with van der Waals surface area (Å²) in [5.41, 5.74) is 1.51. The maximum absolute atomic E-state index is 14.5. The van der Waals surface area contributed by atoms with Gasteiger partial charge in [-0.3, -0.25) is 24.1 Å². The van der Waals surface area contributed by atoms with Crippen molar-refractivity contribution in [1.29, 1.82) is 0 Å². The summed E-state index contributed by atoms with van der Waals surface area (Å²) in [4.78, 5) is 61.0. The first kappa shape index (κ1) is 36.6. The Hall–Kier alpha value is -3.66. The number of halogens is 1. The monoisotopic (exact) mass is 702 g/mol. The Morgan fingerprint density at radius 3 is 2.63 bits per heavy atom. The summed E-state index contributed by atoms with van der Waals surface area (Å²) in [6.45, 7) is 9.81. The highest BCUT2D eigenvalue weighted by Crippen LogP contribution is 2.40. The Morgan fingerprint density at radius 1 is 1.22 bits per heavy atom. The molecule has 15 heteroatoms. The van der Waals surface area contributed by atoms with Crippen LogP contribution in [0.4, 0.5) is 4.39 Å². The number of aryl methyl sites for hydroxylation is 1. The zero-order valence-electron chi connectivity index (χ0n) is 28.7. The number of piperazine rings is 1. The van der Waals surface area contributed by atoms with E-state index >= 15 is 0 Å². The van der Waals surface area contributed by atoms with Crippen molar-refractivity contribution in [3.63, 3.8) is 0 Å². The number of β-amino-alcohol motifs (C(OH)–C–C–N with tert-alkyl or cyclic N) is 1. The van der Waals surface area contributed by atoms with Crippen molar-refractivity contribution in [1.82, 2.24) is 30.7 Å². The molecule has 13 nitrogen and oxygen atoms in total. The average molecular weight is 703 g/mol. The third-order valence-corrected chi connectivity index (χ3v) is 10.3. The predicted octanol–water partition coefficient (Wildman–Crippen LogP) is 1.56. The van der Waals surface area contributed by atoms with Crippen molar-refractivity contribution in [2.75, 3.05) is 46.4 Å². The minimum absolute atomic E-state index is 0.0223. The quantitative estimate of drug-likeness (QED) is 0.239. The van der Waals surface area contributed by atoms with Gasteiger partial charge in [0.15, 0.2) is 5.67 Å². The van der Waals surface area contributed by atoms with Crippen LogP contribution in [0, 0.1) is 12.3 Å². The number of alkyl halides is 1. The highest BCUT2D eigenvalue weighted by Gasteiger charge is 2.53. The number of nitrogens with zero attached hydrogens (tertiary/aromatic N) is 3. The Labute approximate surface area is 289 Å². The summed E-state index contributed by atoms with van der Waals surface area (Å²) < 4.78 is 25.8. The molecule has 1 aromatic heterocycles. The fourth-order valence-corrected chi connectivity index (χ4v) is 7.03. The fraction of sp³-hybridized carbons (Fsp3) is 0.618. The molecule has 3 fully saturated rings. The summed E-state index contributed by atoms with van der Waals surface area (Å²) in [5, 5.41) is 19.2. The van der Waals surface area contributed by atoms with Gasteiger partial charge in [-0.25, -0.2) is 9.37 Å². The summed E-state index contributed by atoms with van der Waals surface area (Å²) >= 11 is 1.51. The minimum atomic E-state index is -1.97. The number of aliphatic hydroxyl groups is 1. The number of methoxy groups -OCH3 is 1. The van der Waals surface area contributed by atoms with E-state index in [4.69, 9.17) is 9.47 Å². The molecule has 4 atom stereocenters. The number of rotatable bonds is 12. The van der Waals surface area contributed by atoms with Gasteiger partial charge in [-0.05, 0) is 36.8 Å². The molecule has 2 aromatic rings. The number of likely N-dealkylation sites (tertiary alicyclic amines) is 1. The number of aliphatic hydroxyl groups excluding tert-OH is 1. The number of esters is 1. The molecule has 0 radical (unpaired) electrons. The molecule has 5 rings (SSSR count). The Morgan fingerprint density at radius 2 is 1.98 bits per heavy atom. The topological polar surface area (TPSA) is 162 Å². The van der Waals surface area contributed by atoms with Gasteiger partial charge in [0.2, 0.25) is 11.8 Å². The molecule has 0 spiro atoms. The van der Waals surface area contributed by atoms with Crippen molar-refractivity contribution in [2.45, 2.75) is 83.4 Å². The van der Waals surface area contributed by atoms with E-state index in [1.165, 1.54) is 23.3 Å². The summed E-state index contributed by atoms with van der Waals surface area (Å²) in [7, 11) is 1.37. The second-order valence-corrected chi connectivity index (χ2v) is 14.9. The van der Waals surface area contributed by atoms with E-state index in [1.54, 1.807) is 26.3 Å². The maximum atomic E-state index is 14.5. The van der Waals surface area contributed by atoms with Gasteiger partial charge in [0.05, 0.1) is 29.3 Å². The molecule has 1 saturated carbocycles. The molecule has 1 aromatic carbocycles. The normalized spacial score (nSPS) is 22.7. The van der Waals surface area contributed by atoms with E-state index in [0.717, 1.165) is 22.7 Å². The third-order valence-electron chi connectivity index (χ3n) is 9.34. The second-order valence-electron chi connectivity index (χ2n) is 14.1. The number of thiazole rings is 1. The van der Waals surface area contributed by atoms with Gasteiger partial charge in [0.25, 0.3) is 5.91 Å². The van der Waals surface area contributed by atoms with Crippen molar-refractivity contribution < 1.29 is 38.1 Å². The third kappa shape index (κ3) is 8.56. The molecule has 3 heterocycles.